The topological polar surface area (TPSA) is 70.4 Å². The van der Waals surface area contributed by atoms with E-state index in [1.165, 1.54) is 10.6 Å². The highest BCUT2D eigenvalue weighted by molar-refractivity contribution is 7.88. The molecule has 0 aliphatic carbocycles. The molecule has 2 rings (SSSR count). The predicted octanol–water partition coefficient (Wildman–Crippen LogP) is 1.26. The van der Waals surface area contributed by atoms with Gasteiger partial charge in [0.05, 0.1) is 24.0 Å². The lowest BCUT2D eigenvalue weighted by atomic mass is 9.91. The summed E-state index contributed by atoms with van der Waals surface area (Å²) in [5, 5.41) is 8.58. The van der Waals surface area contributed by atoms with E-state index < -0.39 is 10.0 Å². The van der Waals surface area contributed by atoms with Gasteiger partial charge in [0.25, 0.3) is 0 Å². The molecule has 0 amide bonds. The molecule has 0 aromatic carbocycles. The molecule has 0 bridgehead atoms. The minimum Gasteiger partial charge on any atom is -0.370 e. The molecule has 102 valence electrons. The zero-order valence-corrected chi connectivity index (χ0v) is 11.6. The lowest BCUT2D eigenvalue weighted by molar-refractivity contribution is -0.0705. The van der Waals surface area contributed by atoms with Gasteiger partial charge in [-0.25, -0.2) is 8.42 Å². The molecule has 0 aromatic rings. The van der Waals surface area contributed by atoms with Gasteiger partial charge in [-0.1, -0.05) is 0 Å². The van der Waals surface area contributed by atoms with Gasteiger partial charge in [-0.2, -0.15) is 9.57 Å². The minimum absolute atomic E-state index is 0.129. The molecule has 2 aliphatic heterocycles. The summed E-state index contributed by atoms with van der Waals surface area (Å²) < 4.78 is 30.8. The van der Waals surface area contributed by atoms with Crippen LogP contribution in [-0.2, 0) is 14.8 Å². The first-order chi connectivity index (χ1) is 8.45. The Hall–Kier alpha value is -0.640. The van der Waals surface area contributed by atoms with E-state index in [0.717, 1.165) is 32.1 Å². The summed E-state index contributed by atoms with van der Waals surface area (Å²) in [6.07, 6.45) is 6.31. The van der Waals surface area contributed by atoms with Crippen molar-refractivity contribution in [3.05, 3.63) is 0 Å². The Bertz CT molecular complexity index is 443. The smallest absolute Gasteiger partial charge is 0.211 e. The molecule has 2 heterocycles. The maximum absolute atomic E-state index is 11.6. The monoisotopic (exact) mass is 272 g/mol. The van der Waals surface area contributed by atoms with E-state index >= 15 is 0 Å². The van der Waals surface area contributed by atoms with Crippen LogP contribution >= 0.6 is 0 Å². The molecule has 0 N–H and O–H groups in total. The fraction of sp³-hybridized carbons (Fsp3) is 0.917. The Morgan fingerprint density at radius 2 is 2.28 bits per heavy atom. The molecule has 18 heavy (non-hydrogen) atoms. The third-order valence-electron chi connectivity index (χ3n) is 3.89. The summed E-state index contributed by atoms with van der Waals surface area (Å²) in [6, 6.07) is 2.13. The van der Waals surface area contributed by atoms with Crippen molar-refractivity contribution >= 4 is 10.0 Å². The maximum atomic E-state index is 11.6. The minimum atomic E-state index is -3.12. The maximum Gasteiger partial charge on any atom is 0.211 e. The Morgan fingerprint density at radius 3 is 2.94 bits per heavy atom. The molecule has 0 aromatic heterocycles. The first-order valence-corrected chi connectivity index (χ1v) is 8.30. The number of hydrogen-bond donors (Lipinski definition) is 0. The van der Waals surface area contributed by atoms with E-state index in [1.807, 2.05) is 0 Å². The standard InChI is InChI=1S/C12H20N2O3S/c1-18(15,16)14-9-3-6-12(10-14)7-5-11(17-12)4-2-8-13/h11H,2-7,9-10H2,1H3/t11-,12+/m1/s1. The highest BCUT2D eigenvalue weighted by atomic mass is 32.2. The number of piperidine rings is 1. The SMILES string of the molecule is CS(=O)(=O)N1CCC[C@]2(CC[C@@H](CCC#N)O2)C1. The van der Waals surface area contributed by atoms with Gasteiger partial charge >= 0.3 is 0 Å². The average molecular weight is 272 g/mol. The molecule has 2 saturated heterocycles. The molecule has 2 fully saturated rings. The van der Waals surface area contributed by atoms with Crippen molar-refractivity contribution in [1.82, 2.24) is 4.31 Å². The highest BCUT2D eigenvalue weighted by Crippen LogP contribution is 2.39. The van der Waals surface area contributed by atoms with Crippen LogP contribution in [-0.4, -0.2) is 43.8 Å². The van der Waals surface area contributed by atoms with Gasteiger partial charge in [-0.05, 0) is 32.1 Å². The third kappa shape index (κ3) is 3.02. The van der Waals surface area contributed by atoms with Crippen LogP contribution in [0.25, 0.3) is 0 Å². The van der Waals surface area contributed by atoms with E-state index in [2.05, 4.69) is 6.07 Å². The van der Waals surface area contributed by atoms with Crippen molar-refractivity contribution in [3.8, 4) is 6.07 Å². The third-order valence-corrected chi connectivity index (χ3v) is 5.14. The Morgan fingerprint density at radius 1 is 1.50 bits per heavy atom. The molecule has 2 aliphatic rings. The number of nitrogens with zero attached hydrogens (tertiary/aromatic N) is 2. The summed E-state index contributed by atoms with van der Waals surface area (Å²) in [5.74, 6) is 0. The number of hydrogen-bond acceptors (Lipinski definition) is 4. The van der Waals surface area contributed by atoms with Gasteiger partial charge in [0.15, 0.2) is 0 Å². The van der Waals surface area contributed by atoms with Crippen LogP contribution in [0.1, 0.15) is 38.5 Å². The number of nitriles is 1. The lowest BCUT2D eigenvalue weighted by Gasteiger charge is -2.39. The quantitative estimate of drug-likeness (QED) is 0.775. The molecule has 2 atom stereocenters. The molecule has 6 heteroatoms. The van der Waals surface area contributed by atoms with Crippen molar-refractivity contribution in [3.63, 3.8) is 0 Å². The molecule has 5 nitrogen and oxygen atoms in total. The fourth-order valence-corrected chi connectivity index (χ4v) is 3.90. The molecule has 0 saturated carbocycles. The largest absolute Gasteiger partial charge is 0.370 e. The predicted molar refractivity (Wildman–Crippen MR) is 67.3 cm³/mol. The van der Waals surface area contributed by atoms with Crippen molar-refractivity contribution in [1.29, 1.82) is 5.26 Å². The zero-order chi connectivity index (χ0) is 13.2. The van der Waals surface area contributed by atoms with Crippen molar-refractivity contribution in [2.75, 3.05) is 19.3 Å². The van der Waals surface area contributed by atoms with Gasteiger partial charge < -0.3 is 4.74 Å². The zero-order valence-electron chi connectivity index (χ0n) is 10.8. The summed E-state index contributed by atoms with van der Waals surface area (Å²) in [6.45, 7) is 1.09. The summed E-state index contributed by atoms with van der Waals surface area (Å²) in [7, 11) is -3.12. The molecule has 0 radical (unpaired) electrons. The second kappa shape index (κ2) is 5.16. The first kappa shape index (κ1) is 13.8. The van der Waals surface area contributed by atoms with Crippen molar-refractivity contribution in [2.24, 2.45) is 0 Å². The van der Waals surface area contributed by atoms with E-state index in [9.17, 15) is 8.42 Å². The van der Waals surface area contributed by atoms with Gasteiger partial charge in [-0.3, -0.25) is 0 Å². The second-order valence-electron chi connectivity index (χ2n) is 5.36. The van der Waals surface area contributed by atoms with Crippen LogP contribution in [0.2, 0.25) is 0 Å². The lowest BCUT2D eigenvalue weighted by Crippen LogP contribution is -2.49. The van der Waals surface area contributed by atoms with Crippen molar-refractivity contribution in [2.45, 2.75) is 50.2 Å². The Balaban J connectivity index is 1.99. The average Bonchev–Trinajstić information content (AvgIpc) is 2.69. The second-order valence-corrected chi connectivity index (χ2v) is 7.34. The van der Waals surface area contributed by atoms with Gasteiger partial charge in [-0.15, -0.1) is 0 Å². The molecule has 1 spiro atoms. The van der Waals surface area contributed by atoms with Crippen LogP contribution < -0.4 is 0 Å². The van der Waals surface area contributed by atoms with E-state index in [1.54, 1.807) is 0 Å². The number of sulfonamides is 1. The Labute approximate surface area is 109 Å². The normalized spacial score (nSPS) is 33.7. The summed E-state index contributed by atoms with van der Waals surface area (Å²) >= 11 is 0. The van der Waals surface area contributed by atoms with E-state index in [4.69, 9.17) is 10.00 Å². The highest BCUT2D eigenvalue weighted by Gasteiger charge is 2.44. The van der Waals surface area contributed by atoms with Crippen molar-refractivity contribution < 1.29 is 13.2 Å². The van der Waals surface area contributed by atoms with E-state index in [0.29, 0.717) is 19.5 Å². The van der Waals surface area contributed by atoms with Crippen LogP contribution in [0.3, 0.4) is 0 Å². The molecule has 0 unspecified atom stereocenters. The van der Waals surface area contributed by atoms with Crippen LogP contribution in [0.15, 0.2) is 0 Å². The van der Waals surface area contributed by atoms with Gasteiger partial charge in [0.1, 0.15) is 0 Å². The number of rotatable bonds is 3. The molecular weight excluding hydrogens is 252 g/mol. The van der Waals surface area contributed by atoms with Gasteiger partial charge in [0.2, 0.25) is 10.0 Å². The fourth-order valence-electron chi connectivity index (χ4n) is 2.96. The van der Waals surface area contributed by atoms with Crippen LogP contribution in [0.4, 0.5) is 0 Å². The molecular formula is C12H20N2O3S. The number of ether oxygens (including phenoxy) is 1. The van der Waals surface area contributed by atoms with E-state index in [-0.39, 0.29) is 11.7 Å². The first-order valence-electron chi connectivity index (χ1n) is 6.45. The summed E-state index contributed by atoms with van der Waals surface area (Å²) in [5.41, 5.74) is -0.290. The summed E-state index contributed by atoms with van der Waals surface area (Å²) in [4.78, 5) is 0. The Kier molecular flexibility index (Phi) is 3.95. The van der Waals surface area contributed by atoms with Gasteiger partial charge in [0, 0.05) is 19.5 Å². The van der Waals surface area contributed by atoms with Crippen LogP contribution in [0, 0.1) is 11.3 Å². The van der Waals surface area contributed by atoms with Crippen LogP contribution in [0.5, 0.6) is 0 Å².